The van der Waals surface area contributed by atoms with E-state index in [1.54, 1.807) is 0 Å². The number of ether oxygens (including phenoxy) is 2. The minimum absolute atomic E-state index is 0.0418. The molecule has 0 spiro atoms. The van der Waals surface area contributed by atoms with Gasteiger partial charge in [-0.25, -0.2) is 4.79 Å². The molecule has 4 nitrogen and oxygen atoms in total. The maximum Gasteiger partial charge on any atom is 0.362 e. The summed E-state index contributed by atoms with van der Waals surface area (Å²) in [6.45, 7) is 16.2. The summed E-state index contributed by atoms with van der Waals surface area (Å²) >= 11 is 0. The van der Waals surface area contributed by atoms with Crippen molar-refractivity contribution in [3.63, 3.8) is 0 Å². The van der Waals surface area contributed by atoms with Crippen molar-refractivity contribution in [1.82, 2.24) is 0 Å². The van der Waals surface area contributed by atoms with Gasteiger partial charge in [0.25, 0.3) is 0 Å². The third-order valence-corrected chi connectivity index (χ3v) is 10.7. The Bertz CT molecular complexity index is 694. The highest BCUT2D eigenvalue weighted by atomic mass is 16.5. The number of fused-ring (bicyclic) bond motifs is 4. The first-order valence-corrected chi connectivity index (χ1v) is 12.3. The van der Waals surface area contributed by atoms with E-state index < -0.39 is 0 Å². The topological polar surface area (TPSA) is 35.5 Å². The summed E-state index contributed by atoms with van der Waals surface area (Å²) in [5.41, 5.74) is 0.965. The molecule has 0 aromatic heterocycles. The maximum absolute atomic E-state index is 12.9. The lowest BCUT2D eigenvalue weighted by Crippen LogP contribution is -2.50. The van der Waals surface area contributed by atoms with Crippen LogP contribution in [0.4, 0.5) is 0 Å². The Balaban J connectivity index is 1.27. The van der Waals surface area contributed by atoms with E-state index in [0.717, 1.165) is 19.1 Å². The second kappa shape index (κ2) is 6.94. The van der Waals surface area contributed by atoms with Gasteiger partial charge in [0.05, 0.1) is 26.8 Å². The summed E-state index contributed by atoms with van der Waals surface area (Å²) in [4.78, 5) is 12.9. The van der Waals surface area contributed by atoms with E-state index in [1.807, 2.05) is 0 Å². The Morgan fingerprint density at radius 2 is 1.67 bits per heavy atom. The highest BCUT2D eigenvalue weighted by Crippen LogP contribution is 2.66. The highest BCUT2D eigenvalue weighted by molar-refractivity contribution is 5.71. The van der Waals surface area contributed by atoms with E-state index in [0.29, 0.717) is 33.9 Å². The lowest BCUT2D eigenvalue weighted by atomic mass is 9.70. The fourth-order valence-corrected chi connectivity index (χ4v) is 7.97. The first-order valence-electron chi connectivity index (χ1n) is 12.3. The molecule has 4 aliphatic rings. The number of carbonyl (C=O) groups excluding carboxylic acids is 1. The fourth-order valence-electron chi connectivity index (χ4n) is 7.97. The number of likely N-dealkylation sites (N-methyl/N-ethyl adjacent to an activating group) is 1. The van der Waals surface area contributed by atoms with Crippen molar-refractivity contribution in [1.29, 1.82) is 0 Å². The van der Waals surface area contributed by atoms with Crippen LogP contribution in [0, 0.1) is 33.5 Å². The molecule has 0 aromatic rings. The van der Waals surface area contributed by atoms with Crippen LogP contribution >= 0.6 is 0 Å². The summed E-state index contributed by atoms with van der Waals surface area (Å²) in [6.07, 6.45) is 7.97. The Morgan fingerprint density at radius 3 is 2.20 bits per heavy atom. The molecular weight excluding hydrogens is 374 g/mol. The van der Waals surface area contributed by atoms with Gasteiger partial charge in [-0.2, -0.15) is 0 Å². The van der Waals surface area contributed by atoms with Gasteiger partial charge >= 0.3 is 5.97 Å². The van der Waals surface area contributed by atoms with Gasteiger partial charge in [-0.3, -0.25) is 0 Å². The van der Waals surface area contributed by atoms with E-state index in [1.165, 1.54) is 38.5 Å². The van der Waals surface area contributed by atoms with E-state index in [-0.39, 0.29) is 22.9 Å². The smallest absolute Gasteiger partial charge is 0.362 e. The second-order valence-corrected chi connectivity index (χ2v) is 13.6. The molecule has 0 saturated heterocycles. The zero-order valence-corrected chi connectivity index (χ0v) is 20.8. The standard InChI is InChI=1S/C26H46NO3/c1-23(2)19-9-11-25(5,16-19)22(23)30-21(28)17-27(7,8)13-14-29-20-15-18-10-12-26(20,6)24(18,3)4/h18-20,22H,9-17H2,1-8H3/q+1/t18-,19+,20+,22+,25+,26+/m0/s1. The van der Waals surface area contributed by atoms with Crippen molar-refractivity contribution in [3.05, 3.63) is 0 Å². The minimum atomic E-state index is -0.0418. The van der Waals surface area contributed by atoms with Crippen molar-refractivity contribution in [2.75, 3.05) is 33.8 Å². The SMILES string of the molecule is CC1(C)[C@@H]2CC[C@](C)(C2)[C@@H]1OC(=O)C[N+](C)(C)CCO[C@@H]1C[C@@H]2CC[C@@]1(C)C2(C)C. The molecule has 4 saturated carbocycles. The molecule has 4 heteroatoms. The Kier molecular flexibility index (Phi) is 5.22. The van der Waals surface area contributed by atoms with Crippen LogP contribution in [0.25, 0.3) is 0 Å². The summed E-state index contributed by atoms with van der Waals surface area (Å²) < 4.78 is 13.2. The second-order valence-electron chi connectivity index (χ2n) is 13.6. The molecule has 0 N–H and O–H groups in total. The largest absolute Gasteiger partial charge is 0.457 e. The molecule has 0 aliphatic heterocycles. The number of carbonyl (C=O) groups is 1. The van der Waals surface area contributed by atoms with Crippen LogP contribution < -0.4 is 0 Å². The van der Waals surface area contributed by atoms with Crippen LogP contribution in [-0.4, -0.2) is 56.5 Å². The maximum atomic E-state index is 12.9. The molecular formula is C26H46NO3+. The molecule has 0 radical (unpaired) electrons. The highest BCUT2D eigenvalue weighted by Gasteiger charge is 2.62. The number of hydrogen-bond acceptors (Lipinski definition) is 3. The molecule has 4 aliphatic carbocycles. The average Bonchev–Trinajstić information content (AvgIpc) is 3.22. The van der Waals surface area contributed by atoms with Crippen LogP contribution in [0.1, 0.15) is 80.1 Å². The van der Waals surface area contributed by atoms with Gasteiger partial charge in [0.15, 0.2) is 6.54 Å². The van der Waals surface area contributed by atoms with Gasteiger partial charge in [0.2, 0.25) is 0 Å². The Morgan fingerprint density at radius 1 is 1.00 bits per heavy atom. The lowest BCUT2D eigenvalue weighted by Gasteiger charge is -2.42. The monoisotopic (exact) mass is 420 g/mol. The molecule has 0 unspecified atom stereocenters. The minimum Gasteiger partial charge on any atom is -0.457 e. The van der Waals surface area contributed by atoms with E-state index >= 15 is 0 Å². The fraction of sp³-hybridized carbons (Fsp3) is 0.962. The summed E-state index contributed by atoms with van der Waals surface area (Å²) in [5, 5.41) is 0. The summed E-state index contributed by atoms with van der Waals surface area (Å²) in [5.74, 6) is 1.46. The first kappa shape index (κ1) is 22.6. The zero-order valence-electron chi connectivity index (χ0n) is 20.8. The Hall–Kier alpha value is -0.610. The number of esters is 1. The van der Waals surface area contributed by atoms with Crippen molar-refractivity contribution in [2.24, 2.45) is 33.5 Å². The average molecular weight is 421 g/mol. The predicted octanol–water partition coefficient (Wildman–Crippen LogP) is 5.05. The summed E-state index contributed by atoms with van der Waals surface area (Å²) in [6, 6.07) is 0. The Labute approximate surface area is 184 Å². The van der Waals surface area contributed by atoms with Crippen LogP contribution in [0.2, 0.25) is 0 Å². The van der Waals surface area contributed by atoms with Gasteiger partial charge in [-0.1, -0.05) is 41.5 Å². The van der Waals surface area contributed by atoms with Crippen molar-refractivity contribution < 1.29 is 18.8 Å². The third kappa shape index (κ3) is 3.36. The van der Waals surface area contributed by atoms with Gasteiger partial charge in [-0.05, 0) is 61.2 Å². The van der Waals surface area contributed by atoms with E-state index in [9.17, 15) is 4.79 Å². The quantitative estimate of drug-likeness (QED) is 0.427. The van der Waals surface area contributed by atoms with Gasteiger partial charge in [0.1, 0.15) is 12.6 Å². The molecule has 0 heterocycles. The number of hydrogen-bond donors (Lipinski definition) is 0. The van der Waals surface area contributed by atoms with Crippen molar-refractivity contribution in [2.45, 2.75) is 92.3 Å². The normalized spacial score (nSPS) is 43.3. The van der Waals surface area contributed by atoms with Crippen molar-refractivity contribution >= 4 is 5.97 Å². The van der Waals surface area contributed by atoms with Gasteiger partial charge in [0, 0.05) is 10.8 Å². The predicted molar refractivity (Wildman–Crippen MR) is 120 cm³/mol. The van der Waals surface area contributed by atoms with Gasteiger partial charge < -0.3 is 14.0 Å². The molecule has 4 fully saturated rings. The first-order chi connectivity index (χ1) is 13.7. The molecule has 4 bridgehead atoms. The molecule has 4 rings (SSSR count). The summed E-state index contributed by atoms with van der Waals surface area (Å²) in [7, 11) is 4.26. The molecule has 0 amide bonds. The molecule has 0 aromatic carbocycles. The lowest BCUT2D eigenvalue weighted by molar-refractivity contribution is -0.883. The van der Waals surface area contributed by atoms with Crippen molar-refractivity contribution in [3.8, 4) is 0 Å². The van der Waals surface area contributed by atoms with Crippen LogP contribution in [0.5, 0.6) is 0 Å². The third-order valence-electron chi connectivity index (χ3n) is 10.7. The molecule has 30 heavy (non-hydrogen) atoms. The zero-order chi connectivity index (χ0) is 22.2. The van der Waals surface area contributed by atoms with Crippen LogP contribution in [0.3, 0.4) is 0 Å². The van der Waals surface area contributed by atoms with E-state index in [4.69, 9.17) is 9.47 Å². The van der Waals surface area contributed by atoms with Crippen LogP contribution in [0.15, 0.2) is 0 Å². The number of quaternary nitrogens is 1. The molecule has 172 valence electrons. The van der Waals surface area contributed by atoms with Gasteiger partial charge in [-0.15, -0.1) is 0 Å². The number of rotatable bonds is 7. The van der Waals surface area contributed by atoms with Crippen LogP contribution in [-0.2, 0) is 14.3 Å². The molecule has 6 atom stereocenters. The number of nitrogens with zero attached hydrogens (tertiary/aromatic N) is 1. The van der Waals surface area contributed by atoms with E-state index in [2.05, 4.69) is 55.6 Å².